The fourth-order valence-corrected chi connectivity index (χ4v) is 1.41. The van der Waals surface area contributed by atoms with Gasteiger partial charge in [-0.25, -0.2) is 0 Å². The first-order chi connectivity index (χ1) is 8.89. The van der Waals surface area contributed by atoms with Crippen molar-refractivity contribution >= 4 is 5.91 Å². The van der Waals surface area contributed by atoms with E-state index in [0.717, 1.165) is 12.1 Å². The zero-order valence-electron chi connectivity index (χ0n) is 10.2. The Morgan fingerprint density at radius 1 is 1.37 bits per heavy atom. The molecule has 1 rings (SSSR count). The average Bonchev–Trinajstić information content (AvgIpc) is 2.32. The number of halogens is 3. The molecule has 0 aliphatic heterocycles. The van der Waals surface area contributed by atoms with Gasteiger partial charge in [0.1, 0.15) is 6.61 Å². The SMILES string of the molecule is NC(=O)COCCNCc1cccc(C(F)(F)F)c1. The molecule has 0 saturated carbocycles. The highest BCUT2D eigenvalue weighted by atomic mass is 19.4. The topological polar surface area (TPSA) is 64.4 Å². The lowest BCUT2D eigenvalue weighted by Crippen LogP contribution is -2.23. The van der Waals surface area contributed by atoms with Crippen LogP contribution in [0.1, 0.15) is 11.1 Å². The first-order valence-electron chi connectivity index (χ1n) is 5.62. The number of hydrogen-bond donors (Lipinski definition) is 2. The fraction of sp³-hybridized carbons (Fsp3) is 0.417. The maximum absolute atomic E-state index is 12.4. The summed E-state index contributed by atoms with van der Waals surface area (Å²) in [7, 11) is 0. The van der Waals surface area contributed by atoms with Crippen LogP contribution in [0, 0.1) is 0 Å². The van der Waals surface area contributed by atoms with Crippen LogP contribution < -0.4 is 11.1 Å². The number of amides is 1. The molecule has 19 heavy (non-hydrogen) atoms. The van der Waals surface area contributed by atoms with E-state index in [1.54, 1.807) is 6.07 Å². The first-order valence-corrected chi connectivity index (χ1v) is 5.62. The monoisotopic (exact) mass is 276 g/mol. The minimum Gasteiger partial charge on any atom is -0.370 e. The van der Waals surface area contributed by atoms with E-state index in [1.807, 2.05) is 0 Å². The van der Waals surface area contributed by atoms with Crippen LogP contribution in [-0.4, -0.2) is 25.7 Å². The summed E-state index contributed by atoms with van der Waals surface area (Å²) in [5.41, 5.74) is 4.73. The number of nitrogens with two attached hydrogens (primary N) is 1. The summed E-state index contributed by atoms with van der Waals surface area (Å²) in [6.07, 6.45) is -4.33. The number of alkyl halides is 3. The number of primary amides is 1. The van der Waals surface area contributed by atoms with Crippen LogP contribution in [0.3, 0.4) is 0 Å². The Bertz CT molecular complexity index is 422. The van der Waals surface area contributed by atoms with E-state index in [2.05, 4.69) is 5.32 Å². The van der Waals surface area contributed by atoms with Crippen molar-refractivity contribution in [1.82, 2.24) is 5.32 Å². The third-order valence-corrected chi connectivity index (χ3v) is 2.25. The van der Waals surface area contributed by atoms with Gasteiger partial charge in [-0.15, -0.1) is 0 Å². The van der Waals surface area contributed by atoms with Crippen molar-refractivity contribution < 1.29 is 22.7 Å². The van der Waals surface area contributed by atoms with Gasteiger partial charge in [-0.2, -0.15) is 13.2 Å². The van der Waals surface area contributed by atoms with Crippen LogP contribution in [0.15, 0.2) is 24.3 Å². The van der Waals surface area contributed by atoms with Gasteiger partial charge >= 0.3 is 6.18 Å². The molecule has 0 radical (unpaired) electrons. The van der Waals surface area contributed by atoms with E-state index in [0.29, 0.717) is 18.7 Å². The van der Waals surface area contributed by atoms with Crippen molar-refractivity contribution in [3.8, 4) is 0 Å². The van der Waals surface area contributed by atoms with Gasteiger partial charge in [0, 0.05) is 13.1 Å². The number of hydrogen-bond acceptors (Lipinski definition) is 3. The Hall–Kier alpha value is -1.60. The molecule has 0 spiro atoms. The molecule has 0 saturated heterocycles. The molecule has 4 nitrogen and oxygen atoms in total. The summed E-state index contributed by atoms with van der Waals surface area (Å²) in [6, 6.07) is 5.09. The number of ether oxygens (including phenoxy) is 1. The predicted molar refractivity (Wildman–Crippen MR) is 63.2 cm³/mol. The zero-order chi connectivity index (χ0) is 14.3. The largest absolute Gasteiger partial charge is 0.416 e. The summed E-state index contributed by atoms with van der Waals surface area (Å²) in [5, 5.41) is 2.91. The highest BCUT2D eigenvalue weighted by Gasteiger charge is 2.30. The molecule has 0 bridgehead atoms. The number of carbonyl (C=O) groups excluding carboxylic acids is 1. The Morgan fingerprint density at radius 2 is 2.11 bits per heavy atom. The Morgan fingerprint density at radius 3 is 2.74 bits per heavy atom. The third kappa shape index (κ3) is 6.21. The van der Waals surface area contributed by atoms with Gasteiger partial charge in [0.2, 0.25) is 5.91 Å². The molecule has 1 aromatic rings. The van der Waals surface area contributed by atoms with Gasteiger partial charge < -0.3 is 15.8 Å². The van der Waals surface area contributed by atoms with E-state index in [-0.39, 0.29) is 13.2 Å². The lowest BCUT2D eigenvalue weighted by Gasteiger charge is -2.09. The van der Waals surface area contributed by atoms with E-state index in [9.17, 15) is 18.0 Å². The van der Waals surface area contributed by atoms with Crippen molar-refractivity contribution in [2.75, 3.05) is 19.8 Å². The molecule has 0 aromatic heterocycles. The molecule has 0 fully saturated rings. The van der Waals surface area contributed by atoms with E-state index < -0.39 is 17.6 Å². The van der Waals surface area contributed by atoms with Crippen molar-refractivity contribution in [3.63, 3.8) is 0 Å². The van der Waals surface area contributed by atoms with E-state index in [1.165, 1.54) is 6.07 Å². The molecule has 0 heterocycles. The maximum atomic E-state index is 12.4. The predicted octanol–water partition coefficient (Wildman–Crippen LogP) is 1.30. The lowest BCUT2D eigenvalue weighted by molar-refractivity contribution is -0.137. The van der Waals surface area contributed by atoms with Gasteiger partial charge in [-0.1, -0.05) is 18.2 Å². The van der Waals surface area contributed by atoms with Crippen LogP contribution in [0.5, 0.6) is 0 Å². The summed E-state index contributed by atoms with van der Waals surface area (Å²) in [6.45, 7) is 0.820. The van der Waals surface area contributed by atoms with Crippen LogP contribution in [-0.2, 0) is 22.3 Å². The first kappa shape index (κ1) is 15.5. The van der Waals surface area contributed by atoms with Crippen molar-refractivity contribution in [3.05, 3.63) is 35.4 Å². The summed E-state index contributed by atoms with van der Waals surface area (Å²) in [5.74, 6) is -0.558. The third-order valence-electron chi connectivity index (χ3n) is 2.25. The quantitative estimate of drug-likeness (QED) is 0.738. The Labute approximate surface area is 108 Å². The molecule has 3 N–H and O–H groups in total. The summed E-state index contributed by atoms with van der Waals surface area (Å²) in [4.78, 5) is 10.4. The number of carbonyl (C=O) groups is 1. The fourth-order valence-electron chi connectivity index (χ4n) is 1.41. The standard InChI is InChI=1S/C12H15F3N2O2/c13-12(14,15)10-3-1-2-9(6-10)7-17-4-5-19-8-11(16)18/h1-3,6,17H,4-5,7-8H2,(H2,16,18). The molecular weight excluding hydrogens is 261 g/mol. The maximum Gasteiger partial charge on any atom is 0.416 e. The average molecular weight is 276 g/mol. The number of benzene rings is 1. The molecule has 0 aliphatic carbocycles. The van der Waals surface area contributed by atoms with E-state index >= 15 is 0 Å². The second-order valence-corrected chi connectivity index (χ2v) is 3.89. The highest BCUT2D eigenvalue weighted by molar-refractivity contribution is 5.74. The minimum absolute atomic E-state index is 0.161. The lowest BCUT2D eigenvalue weighted by atomic mass is 10.1. The van der Waals surface area contributed by atoms with Gasteiger partial charge in [0.15, 0.2) is 0 Å². The molecule has 0 aliphatic rings. The number of nitrogens with one attached hydrogen (secondary N) is 1. The Kier molecular flexibility index (Phi) is 5.78. The molecule has 106 valence electrons. The van der Waals surface area contributed by atoms with Gasteiger partial charge in [0.25, 0.3) is 0 Å². The second kappa shape index (κ2) is 7.10. The van der Waals surface area contributed by atoms with Crippen LogP contribution in [0.4, 0.5) is 13.2 Å². The van der Waals surface area contributed by atoms with Crippen molar-refractivity contribution in [2.24, 2.45) is 5.73 Å². The van der Waals surface area contributed by atoms with Crippen LogP contribution >= 0.6 is 0 Å². The summed E-state index contributed by atoms with van der Waals surface area (Å²) >= 11 is 0. The van der Waals surface area contributed by atoms with Crippen molar-refractivity contribution in [1.29, 1.82) is 0 Å². The molecule has 0 atom stereocenters. The van der Waals surface area contributed by atoms with Gasteiger partial charge in [-0.3, -0.25) is 4.79 Å². The Balaban J connectivity index is 2.32. The van der Waals surface area contributed by atoms with Gasteiger partial charge in [0.05, 0.1) is 12.2 Å². The van der Waals surface area contributed by atoms with Crippen LogP contribution in [0.25, 0.3) is 0 Å². The normalized spacial score (nSPS) is 11.5. The minimum atomic E-state index is -4.33. The smallest absolute Gasteiger partial charge is 0.370 e. The zero-order valence-corrected chi connectivity index (χ0v) is 10.2. The van der Waals surface area contributed by atoms with Crippen LogP contribution in [0.2, 0.25) is 0 Å². The molecule has 1 aromatic carbocycles. The van der Waals surface area contributed by atoms with Gasteiger partial charge in [-0.05, 0) is 11.6 Å². The highest BCUT2D eigenvalue weighted by Crippen LogP contribution is 2.29. The van der Waals surface area contributed by atoms with E-state index in [4.69, 9.17) is 10.5 Å². The summed E-state index contributed by atoms with van der Waals surface area (Å²) < 4.78 is 42.2. The molecular formula is C12H15F3N2O2. The number of rotatable bonds is 7. The second-order valence-electron chi connectivity index (χ2n) is 3.89. The van der Waals surface area contributed by atoms with Crippen molar-refractivity contribution in [2.45, 2.75) is 12.7 Å². The molecule has 7 heteroatoms. The molecule has 0 unspecified atom stereocenters. The molecule has 1 amide bonds.